The summed E-state index contributed by atoms with van der Waals surface area (Å²) in [5.74, 6) is 0.805. The average Bonchev–Trinajstić information content (AvgIpc) is 3.31. The number of aromatic amines is 1. The summed E-state index contributed by atoms with van der Waals surface area (Å²) in [6, 6.07) is 7.39. The molecule has 2 aliphatic heterocycles. The van der Waals surface area contributed by atoms with Gasteiger partial charge in [-0.25, -0.2) is 4.98 Å². The Balaban J connectivity index is 0.00000120. The summed E-state index contributed by atoms with van der Waals surface area (Å²) in [5.41, 5.74) is 2.32. The maximum atomic E-state index is 12.8. The fourth-order valence-electron chi connectivity index (χ4n) is 4.76. The zero-order valence-electron chi connectivity index (χ0n) is 16.5. The Morgan fingerprint density at radius 3 is 2.55 bits per heavy atom. The lowest BCUT2D eigenvalue weighted by Gasteiger charge is -2.36. The van der Waals surface area contributed by atoms with E-state index >= 15 is 0 Å². The number of carbonyl (C=O) groups excluding carboxylic acids is 1. The fraction of sp³-hybridized carbons (Fsp3) is 0.450. The van der Waals surface area contributed by atoms with Gasteiger partial charge in [0.25, 0.3) is 5.91 Å². The van der Waals surface area contributed by atoms with Gasteiger partial charge in [0.15, 0.2) is 5.69 Å². The summed E-state index contributed by atoms with van der Waals surface area (Å²) in [6.45, 7) is 0. The van der Waals surface area contributed by atoms with Gasteiger partial charge in [-0.3, -0.25) is 9.89 Å². The number of benzene rings is 1. The second kappa shape index (κ2) is 8.34. The van der Waals surface area contributed by atoms with Crippen LogP contribution >= 0.6 is 24.8 Å². The minimum Gasteiger partial charge on any atom is -0.348 e. The van der Waals surface area contributed by atoms with E-state index in [1.807, 2.05) is 36.0 Å². The van der Waals surface area contributed by atoms with Crippen LogP contribution in [-0.2, 0) is 7.05 Å². The predicted molar refractivity (Wildman–Crippen MR) is 118 cm³/mol. The van der Waals surface area contributed by atoms with Crippen molar-refractivity contribution in [3.63, 3.8) is 0 Å². The molecule has 3 aromatic rings. The first-order chi connectivity index (χ1) is 13.1. The van der Waals surface area contributed by atoms with Crippen molar-refractivity contribution in [3.8, 4) is 11.4 Å². The molecule has 2 atom stereocenters. The van der Waals surface area contributed by atoms with Crippen molar-refractivity contribution >= 4 is 41.6 Å². The number of nitrogens with one attached hydrogen (secondary N) is 2. The normalized spacial score (nSPS) is 23.4. The molecule has 0 saturated carbocycles. The number of carbonyl (C=O) groups is 1. The molecule has 2 bridgehead atoms. The molecule has 2 N–H and O–H groups in total. The molecule has 0 radical (unpaired) electrons. The lowest BCUT2D eigenvalue weighted by atomic mass is 9.98. The van der Waals surface area contributed by atoms with Crippen LogP contribution in [0.1, 0.15) is 36.2 Å². The van der Waals surface area contributed by atoms with Crippen molar-refractivity contribution in [2.45, 2.75) is 43.8 Å². The fourth-order valence-corrected chi connectivity index (χ4v) is 4.76. The van der Waals surface area contributed by atoms with E-state index in [1.54, 1.807) is 6.20 Å². The summed E-state index contributed by atoms with van der Waals surface area (Å²) in [4.78, 5) is 19.7. The van der Waals surface area contributed by atoms with Crippen LogP contribution in [0.2, 0.25) is 0 Å². The van der Waals surface area contributed by atoms with E-state index in [1.165, 1.54) is 12.8 Å². The lowest BCUT2D eigenvalue weighted by molar-refractivity contribution is 0.0879. The molecule has 7 nitrogen and oxygen atoms in total. The van der Waals surface area contributed by atoms with Crippen LogP contribution in [0.4, 0.5) is 0 Å². The van der Waals surface area contributed by atoms with Gasteiger partial charge in [0, 0.05) is 48.5 Å². The summed E-state index contributed by atoms with van der Waals surface area (Å²) >= 11 is 0. The van der Waals surface area contributed by atoms with E-state index in [4.69, 9.17) is 0 Å². The van der Waals surface area contributed by atoms with Crippen LogP contribution in [0.3, 0.4) is 0 Å². The molecule has 4 heterocycles. The molecule has 0 spiro atoms. The van der Waals surface area contributed by atoms with Crippen LogP contribution in [0.5, 0.6) is 0 Å². The third-order valence-corrected chi connectivity index (χ3v) is 6.29. The van der Waals surface area contributed by atoms with Crippen molar-refractivity contribution in [2.24, 2.45) is 7.05 Å². The van der Waals surface area contributed by atoms with Crippen LogP contribution in [-0.4, -0.2) is 55.7 Å². The average molecular weight is 437 g/mol. The second-order valence-corrected chi connectivity index (χ2v) is 7.89. The van der Waals surface area contributed by atoms with Crippen LogP contribution in [0.25, 0.3) is 22.3 Å². The number of halogens is 2. The molecule has 1 amide bonds. The number of aromatic nitrogens is 4. The summed E-state index contributed by atoms with van der Waals surface area (Å²) < 4.78 is 1.97. The van der Waals surface area contributed by atoms with Gasteiger partial charge in [0.2, 0.25) is 0 Å². The van der Waals surface area contributed by atoms with Gasteiger partial charge in [-0.15, -0.1) is 24.8 Å². The molecule has 2 aromatic heterocycles. The first kappa shape index (κ1) is 21.6. The Labute approximate surface area is 182 Å². The molecule has 2 unspecified atom stereocenters. The third kappa shape index (κ3) is 3.74. The second-order valence-electron chi connectivity index (χ2n) is 7.89. The van der Waals surface area contributed by atoms with Crippen molar-refractivity contribution < 1.29 is 4.79 Å². The predicted octanol–water partition coefficient (Wildman–Crippen LogP) is 3.16. The van der Waals surface area contributed by atoms with E-state index in [0.717, 1.165) is 35.1 Å². The largest absolute Gasteiger partial charge is 0.348 e. The number of imidazole rings is 1. The number of fused-ring (bicyclic) bond motifs is 3. The number of rotatable bonds is 3. The van der Waals surface area contributed by atoms with Crippen LogP contribution in [0, 0.1) is 0 Å². The number of piperidine rings is 1. The van der Waals surface area contributed by atoms with Crippen molar-refractivity contribution in [3.05, 3.63) is 36.3 Å². The smallest absolute Gasteiger partial charge is 0.272 e. The van der Waals surface area contributed by atoms with E-state index in [2.05, 4.69) is 32.4 Å². The first-order valence-electron chi connectivity index (χ1n) is 9.59. The molecule has 2 aliphatic rings. The molecule has 2 saturated heterocycles. The highest BCUT2D eigenvalue weighted by Gasteiger charge is 2.39. The van der Waals surface area contributed by atoms with Gasteiger partial charge < -0.3 is 14.8 Å². The van der Waals surface area contributed by atoms with E-state index in [9.17, 15) is 4.79 Å². The van der Waals surface area contributed by atoms with E-state index < -0.39 is 0 Å². The van der Waals surface area contributed by atoms with E-state index in [0.29, 0.717) is 17.8 Å². The highest BCUT2D eigenvalue weighted by Crippen LogP contribution is 2.34. The molecule has 5 rings (SSSR count). The molecule has 2 fully saturated rings. The maximum Gasteiger partial charge on any atom is 0.272 e. The standard InChI is InChI=1S/C20H24N6O.2ClH/c1-25-8-7-21-19(25)12-3-6-16-17(9-12)23-24-18(16)20(27)22-13-10-14-4-5-15(11-13)26(14)2;;/h3,6-9,13-15H,4-5,10-11H2,1-2H3,(H,22,27)(H,23,24);2*1H. The lowest BCUT2D eigenvalue weighted by Crippen LogP contribution is -2.48. The molecular weight excluding hydrogens is 411 g/mol. The van der Waals surface area contributed by atoms with Gasteiger partial charge in [0.05, 0.1) is 5.52 Å². The number of nitrogens with zero attached hydrogens (tertiary/aromatic N) is 4. The Bertz CT molecular complexity index is 1000. The Morgan fingerprint density at radius 2 is 1.90 bits per heavy atom. The minimum absolute atomic E-state index is 0. The molecule has 9 heteroatoms. The SMILES string of the molecule is CN1C2CCC1CC(NC(=O)c1n[nH]c3cc(-c4nccn4C)ccc13)C2.Cl.Cl. The highest BCUT2D eigenvalue weighted by molar-refractivity contribution is 6.05. The van der Waals surface area contributed by atoms with Crippen molar-refractivity contribution in [2.75, 3.05) is 7.05 Å². The Hall–Kier alpha value is -2.09. The van der Waals surface area contributed by atoms with E-state index in [-0.39, 0.29) is 36.8 Å². The first-order valence-corrected chi connectivity index (χ1v) is 9.59. The van der Waals surface area contributed by atoms with Gasteiger partial charge in [-0.05, 0) is 44.9 Å². The quantitative estimate of drug-likeness (QED) is 0.660. The third-order valence-electron chi connectivity index (χ3n) is 6.29. The van der Waals surface area contributed by atoms with Crippen LogP contribution in [0.15, 0.2) is 30.6 Å². The minimum atomic E-state index is -0.0834. The highest BCUT2D eigenvalue weighted by atomic mass is 35.5. The van der Waals surface area contributed by atoms with Gasteiger partial charge >= 0.3 is 0 Å². The molecule has 29 heavy (non-hydrogen) atoms. The number of H-pyrrole nitrogens is 1. The van der Waals surface area contributed by atoms with Gasteiger partial charge in [0.1, 0.15) is 5.82 Å². The number of aryl methyl sites for hydroxylation is 1. The van der Waals surface area contributed by atoms with Crippen LogP contribution < -0.4 is 5.32 Å². The summed E-state index contributed by atoms with van der Waals surface area (Å²) in [5, 5.41) is 11.4. The maximum absolute atomic E-state index is 12.8. The van der Waals surface area contributed by atoms with Gasteiger partial charge in [-0.2, -0.15) is 5.10 Å². The number of hydrogen-bond donors (Lipinski definition) is 2. The summed E-state index contributed by atoms with van der Waals surface area (Å²) in [7, 11) is 4.17. The van der Waals surface area contributed by atoms with Crippen molar-refractivity contribution in [1.82, 2.24) is 30.0 Å². The molecule has 0 aliphatic carbocycles. The Morgan fingerprint density at radius 1 is 1.17 bits per heavy atom. The monoisotopic (exact) mass is 436 g/mol. The molecule has 156 valence electrons. The van der Waals surface area contributed by atoms with Crippen molar-refractivity contribution in [1.29, 1.82) is 0 Å². The molecular formula is C20H26Cl2N6O. The number of amides is 1. The summed E-state index contributed by atoms with van der Waals surface area (Å²) in [6.07, 6.45) is 8.25. The molecule has 1 aromatic carbocycles. The zero-order valence-corrected chi connectivity index (χ0v) is 18.1. The Kier molecular flexibility index (Phi) is 6.22. The number of hydrogen-bond acceptors (Lipinski definition) is 4. The van der Waals surface area contributed by atoms with Gasteiger partial charge in [-0.1, -0.05) is 6.07 Å². The zero-order chi connectivity index (χ0) is 18.5. The topological polar surface area (TPSA) is 78.8 Å².